The van der Waals surface area contributed by atoms with E-state index in [-0.39, 0.29) is 10.8 Å². The molecule has 1 N–H and O–H groups in total. The lowest BCUT2D eigenvalue weighted by Crippen LogP contribution is -2.22. The van der Waals surface area contributed by atoms with Crippen molar-refractivity contribution in [2.24, 2.45) is 0 Å². The van der Waals surface area contributed by atoms with Crippen molar-refractivity contribution in [1.82, 2.24) is 4.98 Å². The Bertz CT molecular complexity index is 356. The van der Waals surface area contributed by atoms with E-state index in [9.17, 15) is 5.11 Å². The number of rotatable bonds is 0. The summed E-state index contributed by atoms with van der Waals surface area (Å²) >= 11 is 0. The van der Waals surface area contributed by atoms with Gasteiger partial charge in [-0.2, -0.15) is 0 Å². The molecule has 0 saturated heterocycles. The van der Waals surface area contributed by atoms with Gasteiger partial charge in [0, 0.05) is 11.8 Å². The van der Waals surface area contributed by atoms with Gasteiger partial charge in [0.2, 0.25) is 0 Å². The maximum atomic E-state index is 9.93. The van der Waals surface area contributed by atoms with E-state index < -0.39 is 0 Å². The van der Waals surface area contributed by atoms with E-state index in [1.165, 1.54) is 6.20 Å². The summed E-state index contributed by atoms with van der Waals surface area (Å²) in [5.41, 5.74) is 2.07. The molecule has 0 saturated carbocycles. The molecule has 0 aliphatic carbocycles. The average Bonchev–Trinajstić information content (AvgIpc) is 1.99. The lowest BCUT2D eigenvalue weighted by molar-refractivity contribution is 0.432. The molecule has 1 aromatic rings. The summed E-state index contributed by atoms with van der Waals surface area (Å²) in [4.78, 5) is 4.07. The second-order valence-electron chi connectivity index (χ2n) is 6.08. The van der Waals surface area contributed by atoms with Crippen LogP contribution in [0.3, 0.4) is 0 Å². The van der Waals surface area contributed by atoms with E-state index in [1.807, 2.05) is 6.20 Å². The molecule has 0 amide bonds. The Kier molecular flexibility index (Phi) is 2.81. The van der Waals surface area contributed by atoms with Crippen LogP contribution in [0.5, 0.6) is 5.75 Å². The molecule has 0 atom stereocenters. The fraction of sp³-hybridized carbons (Fsp3) is 0.615. The molecule has 15 heavy (non-hydrogen) atoms. The van der Waals surface area contributed by atoms with Gasteiger partial charge in [-0.25, -0.2) is 0 Å². The summed E-state index contributed by atoms with van der Waals surface area (Å²) in [6.07, 6.45) is 3.39. The summed E-state index contributed by atoms with van der Waals surface area (Å²) in [7, 11) is 0. The van der Waals surface area contributed by atoms with Gasteiger partial charge in [0.25, 0.3) is 0 Å². The zero-order chi connectivity index (χ0) is 11.9. The smallest absolute Gasteiger partial charge is 0.137 e. The Morgan fingerprint density at radius 2 is 1.47 bits per heavy atom. The number of aromatic hydroxyl groups is 1. The third-order valence-corrected chi connectivity index (χ3v) is 2.48. The van der Waals surface area contributed by atoms with Crippen LogP contribution in [0.15, 0.2) is 12.4 Å². The van der Waals surface area contributed by atoms with Gasteiger partial charge in [0.1, 0.15) is 5.75 Å². The van der Waals surface area contributed by atoms with Crippen molar-refractivity contribution in [3.8, 4) is 5.75 Å². The van der Waals surface area contributed by atoms with Crippen LogP contribution >= 0.6 is 0 Å². The Balaban J connectivity index is 3.48. The fourth-order valence-corrected chi connectivity index (χ4v) is 1.81. The highest BCUT2D eigenvalue weighted by Gasteiger charge is 2.27. The SMILES string of the molecule is CC(C)(C)c1cncc(O)c1C(C)(C)C. The molecule has 0 unspecified atom stereocenters. The Morgan fingerprint density at radius 1 is 0.933 bits per heavy atom. The minimum Gasteiger partial charge on any atom is -0.506 e. The van der Waals surface area contributed by atoms with Crippen LogP contribution in [0.25, 0.3) is 0 Å². The van der Waals surface area contributed by atoms with Crippen LogP contribution in [0, 0.1) is 0 Å². The van der Waals surface area contributed by atoms with Crippen LogP contribution in [0.2, 0.25) is 0 Å². The second kappa shape index (κ2) is 3.51. The Labute approximate surface area is 92.4 Å². The molecular formula is C13H21NO. The van der Waals surface area contributed by atoms with Crippen molar-refractivity contribution < 1.29 is 5.11 Å². The van der Waals surface area contributed by atoms with Gasteiger partial charge < -0.3 is 5.11 Å². The first-order valence-corrected chi connectivity index (χ1v) is 5.32. The third-order valence-electron chi connectivity index (χ3n) is 2.48. The molecule has 0 spiro atoms. The highest BCUT2D eigenvalue weighted by molar-refractivity contribution is 5.44. The monoisotopic (exact) mass is 207 g/mol. The normalized spacial score (nSPS) is 12.9. The zero-order valence-electron chi connectivity index (χ0n) is 10.5. The van der Waals surface area contributed by atoms with Gasteiger partial charge in [-0.15, -0.1) is 0 Å². The number of pyridine rings is 1. The highest BCUT2D eigenvalue weighted by Crippen LogP contribution is 2.38. The predicted octanol–water partition coefficient (Wildman–Crippen LogP) is 3.38. The summed E-state index contributed by atoms with van der Waals surface area (Å²) in [6.45, 7) is 12.7. The molecule has 1 heterocycles. The van der Waals surface area contributed by atoms with Gasteiger partial charge in [-0.05, 0) is 16.4 Å². The fourth-order valence-electron chi connectivity index (χ4n) is 1.81. The first kappa shape index (κ1) is 12.0. The second-order valence-corrected chi connectivity index (χ2v) is 6.08. The van der Waals surface area contributed by atoms with E-state index in [4.69, 9.17) is 0 Å². The molecule has 0 aliphatic rings. The molecule has 0 fully saturated rings. The van der Waals surface area contributed by atoms with Crippen LogP contribution < -0.4 is 0 Å². The van der Waals surface area contributed by atoms with Crippen molar-refractivity contribution in [2.45, 2.75) is 52.4 Å². The van der Waals surface area contributed by atoms with Crippen molar-refractivity contribution in [3.63, 3.8) is 0 Å². The predicted molar refractivity (Wildman–Crippen MR) is 63.3 cm³/mol. The highest BCUT2D eigenvalue weighted by atomic mass is 16.3. The average molecular weight is 207 g/mol. The molecular weight excluding hydrogens is 186 g/mol. The molecule has 1 rings (SSSR count). The third kappa shape index (κ3) is 2.49. The first-order valence-electron chi connectivity index (χ1n) is 5.32. The Morgan fingerprint density at radius 3 is 1.80 bits per heavy atom. The topological polar surface area (TPSA) is 33.1 Å². The summed E-state index contributed by atoms with van der Waals surface area (Å²) in [5, 5.41) is 9.93. The summed E-state index contributed by atoms with van der Waals surface area (Å²) in [6, 6.07) is 0. The number of aromatic nitrogens is 1. The van der Waals surface area contributed by atoms with E-state index in [0.29, 0.717) is 5.75 Å². The van der Waals surface area contributed by atoms with Crippen LogP contribution in [-0.4, -0.2) is 10.1 Å². The molecule has 2 heteroatoms. The molecule has 2 nitrogen and oxygen atoms in total. The van der Waals surface area contributed by atoms with Crippen LogP contribution in [0.1, 0.15) is 52.7 Å². The largest absolute Gasteiger partial charge is 0.506 e. The van der Waals surface area contributed by atoms with Crippen LogP contribution in [0.4, 0.5) is 0 Å². The van der Waals surface area contributed by atoms with Crippen molar-refractivity contribution in [3.05, 3.63) is 23.5 Å². The molecule has 1 aromatic heterocycles. The van der Waals surface area contributed by atoms with E-state index in [2.05, 4.69) is 46.5 Å². The van der Waals surface area contributed by atoms with Crippen molar-refractivity contribution in [2.75, 3.05) is 0 Å². The van der Waals surface area contributed by atoms with Gasteiger partial charge in [0.05, 0.1) is 6.20 Å². The molecule has 84 valence electrons. The van der Waals surface area contributed by atoms with Crippen molar-refractivity contribution >= 4 is 0 Å². The van der Waals surface area contributed by atoms with E-state index in [1.54, 1.807) is 0 Å². The van der Waals surface area contributed by atoms with Crippen LogP contribution in [-0.2, 0) is 10.8 Å². The standard InChI is InChI=1S/C13H21NO/c1-12(2,3)9-7-14-8-10(15)11(9)13(4,5)6/h7-8,15H,1-6H3. The molecule has 0 aromatic carbocycles. The van der Waals surface area contributed by atoms with Gasteiger partial charge >= 0.3 is 0 Å². The number of nitrogens with zero attached hydrogens (tertiary/aromatic N) is 1. The first-order chi connectivity index (χ1) is 6.64. The van der Waals surface area contributed by atoms with Gasteiger partial charge in [0.15, 0.2) is 0 Å². The molecule has 0 radical (unpaired) electrons. The van der Waals surface area contributed by atoms with Gasteiger partial charge in [-0.1, -0.05) is 41.5 Å². The van der Waals surface area contributed by atoms with E-state index >= 15 is 0 Å². The Hall–Kier alpha value is -1.05. The maximum absolute atomic E-state index is 9.93. The number of hydrogen-bond acceptors (Lipinski definition) is 2. The summed E-state index contributed by atoms with van der Waals surface area (Å²) < 4.78 is 0. The van der Waals surface area contributed by atoms with E-state index in [0.717, 1.165) is 11.1 Å². The minimum atomic E-state index is -0.0599. The molecule has 0 bridgehead atoms. The lowest BCUT2D eigenvalue weighted by Gasteiger charge is -2.29. The van der Waals surface area contributed by atoms with Crippen molar-refractivity contribution in [1.29, 1.82) is 0 Å². The quantitative estimate of drug-likeness (QED) is 0.707. The summed E-state index contributed by atoms with van der Waals surface area (Å²) in [5.74, 6) is 0.301. The minimum absolute atomic E-state index is 0.00829. The maximum Gasteiger partial charge on any atom is 0.137 e. The van der Waals surface area contributed by atoms with Gasteiger partial charge in [-0.3, -0.25) is 4.98 Å². The molecule has 0 aliphatic heterocycles. The lowest BCUT2D eigenvalue weighted by atomic mass is 9.76. The number of hydrogen-bond donors (Lipinski definition) is 1. The zero-order valence-corrected chi connectivity index (χ0v) is 10.5.